The van der Waals surface area contributed by atoms with E-state index in [-0.39, 0.29) is 6.67 Å². The van der Waals surface area contributed by atoms with Crippen LogP contribution in [0.1, 0.15) is 135 Å². The molecule has 0 radical (unpaired) electrons. The molecule has 25 heavy (non-hydrogen) atoms. The normalized spacial score (nSPS) is 11.6. The average molecular weight is 355 g/mol. The van der Waals surface area contributed by atoms with Gasteiger partial charge in [0.1, 0.15) is 0 Å². The van der Waals surface area contributed by atoms with Gasteiger partial charge in [0.2, 0.25) is 0 Å². The number of allylic oxidation sites excluding steroid dienone is 2. The first-order chi connectivity index (χ1) is 12.4. The molecular weight excluding hydrogens is 307 g/mol. The Labute approximate surface area is 159 Å². The van der Waals surface area contributed by atoms with Gasteiger partial charge in [-0.25, -0.2) is 0 Å². The van der Waals surface area contributed by atoms with Crippen molar-refractivity contribution in [2.45, 2.75) is 135 Å². The van der Waals surface area contributed by atoms with Gasteiger partial charge in [-0.3, -0.25) is 4.39 Å². The van der Waals surface area contributed by atoms with Gasteiger partial charge in [-0.05, 0) is 32.1 Å². The van der Waals surface area contributed by atoms with Crippen LogP contribution in [-0.2, 0) is 0 Å². The van der Waals surface area contributed by atoms with E-state index in [0.717, 1.165) is 12.8 Å². The zero-order valence-electron chi connectivity index (χ0n) is 17.4. The van der Waals surface area contributed by atoms with E-state index >= 15 is 0 Å². The molecule has 0 fully saturated rings. The highest BCUT2D eigenvalue weighted by atomic mass is 19.1. The lowest BCUT2D eigenvalue weighted by molar-refractivity contribution is 0.450. The molecule has 0 aromatic heterocycles. The first-order valence-electron chi connectivity index (χ1n) is 11.6. The third kappa shape index (κ3) is 23.7. The molecule has 0 amide bonds. The van der Waals surface area contributed by atoms with E-state index in [2.05, 4.69) is 19.1 Å². The summed E-state index contributed by atoms with van der Waals surface area (Å²) in [5.41, 5.74) is 0. The lowest BCUT2D eigenvalue weighted by Crippen LogP contribution is -1.82. The van der Waals surface area contributed by atoms with Gasteiger partial charge in [0.25, 0.3) is 0 Å². The van der Waals surface area contributed by atoms with Crippen molar-refractivity contribution < 1.29 is 4.39 Å². The maximum atomic E-state index is 11.9. The van der Waals surface area contributed by atoms with Crippen LogP contribution < -0.4 is 0 Å². The minimum Gasteiger partial charge on any atom is -0.251 e. The molecule has 150 valence electrons. The highest BCUT2D eigenvalue weighted by Crippen LogP contribution is 2.13. The molecule has 1 heteroatoms. The van der Waals surface area contributed by atoms with Crippen molar-refractivity contribution >= 4 is 0 Å². The van der Waals surface area contributed by atoms with Gasteiger partial charge in [0, 0.05) is 0 Å². The summed E-state index contributed by atoms with van der Waals surface area (Å²) in [6.07, 6.45) is 31.4. The summed E-state index contributed by atoms with van der Waals surface area (Å²) in [5.74, 6) is 0. The Kier molecular flexibility index (Phi) is 23.4. The Morgan fingerprint density at radius 3 is 1.12 bits per heavy atom. The smallest absolute Gasteiger partial charge is 0.0894 e. The fraction of sp³-hybridized carbons (Fsp3) is 0.917. The summed E-state index contributed by atoms with van der Waals surface area (Å²) in [7, 11) is 0. The summed E-state index contributed by atoms with van der Waals surface area (Å²) >= 11 is 0. The number of rotatable bonds is 21. The van der Waals surface area contributed by atoms with Crippen LogP contribution in [0.15, 0.2) is 12.2 Å². The standard InChI is InChI=1S/C24H47F/c1-2-3-4-5-6-7-8-9-10-11-12-13-14-15-16-17-18-19-20-21-22-23-24-25/h15-16H,2-14,17-24H2,1H3. The molecule has 0 aliphatic carbocycles. The molecule has 0 spiro atoms. The van der Waals surface area contributed by atoms with Gasteiger partial charge >= 0.3 is 0 Å². The van der Waals surface area contributed by atoms with Crippen LogP contribution in [0.5, 0.6) is 0 Å². The van der Waals surface area contributed by atoms with Gasteiger partial charge in [-0.1, -0.05) is 115 Å². The van der Waals surface area contributed by atoms with E-state index in [9.17, 15) is 4.39 Å². The van der Waals surface area contributed by atoms with E-state index in [1.807, 2.05) is 0 Å². The summed E-state index contributed by atoms with van der Waals surface area (Å²) < 4.78 is 11.9. The highest BCUT2D eigenvalue weighted by Gasteiger charge is 1.93. The third-order valence-corrected chi connectivity index (χ3v) is 5.15. The molecule has 0 saturated heterocycles. The fourth-order valence-corrected chi connectivity index (χ4v) is 3.40. The zero-order valence-corrected chi connectivity index (χ0v) is 17.4. The van der Waals surface area contributed by atoms with Crippen molar-refractivity contribution in [3.05, 3.63) is 12.2 Å². The second-order valence-corrected chi connectivity index (χ2v) is 7.75. The predicted octanol–water partition coefficient (Wildman–Crippen LogP) is 9.33. The molecular formula is C24H47F. The van der Waals surface area contributed by atoms with Crippen LogP contribution in [0.25, 0.3) is 0 Å². The first-order valence-corrected chi connectivity index (χ1v) is 11.6. The van der Waals surface area contributed by atoms with Crippen molar-refractivity contribution in [2.75, 3.05) is 6.67 Å². The molecule has 0 saturated carbocycles. The summed E-state index contributed by atoms with van der Waals surface area (Å²) in [4.78, 5) is 0. The van der Waals surface area contributed by atoms with E-state index in [0.29, 0.717) is 0 Å². The average Bonchev–Trinajstić information content (AvgIpc) is 2.63. The minimum absolute atomic E-state index is 0.137. The van der Waals surface area contributed by atoms with Crippen molar-refractivity contribution in [1.82, 2.24) is 0 Å². The van der Waals surface area contributed by atoms with Crippen molar-refractivity contribution in [2.24, 2.45) is 0 Å². The molecule has 0 aromatic rings. The Hall–Kier alpha value is -0.330. The second kappa shape index (κ2) is 23.7. The number of alkyl halides is 1. The van der Waals surface area contributed by atoms with Gasteiger partial charge in [0.05, 0.1) is 6.67 Å². The van der Waals surface area contributed by atoms with Crippen LogP contribution in [0.4, 0.5) is 4.39 Å². The second-order valence-electron chi connectivity index (χ2n) is 7.75. The van der Waals surface area contributed by atoms with Crippen LogP contribution in [0, 0.1) is 0 Å². The molecule has 0 heterocycles. The molecule has 0 rings (SSSR count). The SMILES string of the molecule is CCCCCCCCCCCCCCC=CCCCCCCCCF. The number of halogens is 1. The molecule has 0 nitrogen and oxygen atoms in total. The summed E-state index contributed by atoms with van der Waals surface area (Å²) in [6.45, 7) is 2.15. The van der Waals surface area contributed by atoms with Gasteiger partial charge in [-0.2, -0.15) is 0 Å². The minimum atomic E-state index is -0.137. The van der Waals surface area contributed by atoms with Gasteiger partial charge < -0.3 is 0 Å². The molecule has 0 atom stereocenters. The lowest BCUT2D eigenvalue weighted by Gasteiger charge is -2.02. The van der Waals surface area contributed by atoms with Crippen LogP contribution in [-0.4, -0.2) is 6.67 Å². The molecule has 0 aliphatic rings. The Morgan fingerprint density at radius 2 is 0.760 bits per heavy atom. The van der Waals surface area contributed by atoms with Crippen molar-refractivity contribution in [1.29, 1.82) is 0 Å². The molecule has 0 unspecified atom stereocenters. The maximum Gasteiger partial charge on any atom is 0.0894 e. The zero-order chi connectivity index (χ0) is 18.3. The number of hydrogen-bond donors (Lipinski definition) is 0. The van der Waals surface area contributed by atoms with Crippen molar-refractivity contribution in [3.63, 3.8) is 0 Å². The van der Waals surface area contributed by atoms with Crippen LogP contribution in [0.2, 0.25) is 0 Å². The first kappa shape index (κ1) is 24.7. The highest BCUT2D eigenvalue weighted by molar-refractivity contribution is 4.81. The molecule has 0 aliphatic heterocycles. The predicted molar refractivity (Wildman–Crippen MR) is 113 cm³/mol. The Balaban J connectivity index is 3.03. The fourth-order valence-electron chi connectivity index (χ4n) is 3.40. The van der Waals surface area contributed by atoms with E-state index in [1.165, 1.54) is 116 Å². The maximum absolute atomic E-state index is 11.9. The Bertz CT molecular complexity index is 246. The van der Waals surface area contributed by atoms with Crippen LogP contribution >= 0.6 is 0 Å². The van der Waals surface area contributed by atoms with Crippen LogP contribution in [0.3, 0.4) is 0 Å². The topological polar surface area (TPSA) is 0 Å². The number of hydrogen-bond acceptors (Lipinski definition) is 0. The molecule has 0 N–H and O–H groups in total. The summed E-state index contributed by atoms with van der Waals surface area (Å²) in [6, 6.07) is 0. The molecule has 0 bridgehead atoms. The largest absolute Gasteiger partial charge is 0.251 e. The van der Waals surface area contributed by atoms with E-state index in [1.54, 1.807) is 0 Å². The van der Waals surface area contributed by atoms with Gasteiger partial charge in [0.15, 0.2) is 0 Å². The number of unbranched alkanes of at least 4 members (excludes halogenated alkanes) is 18. The van der Waals surface area contributed by atoms with E-state index < -0.39 is 0 Å². The monoisotopic (exact) mass is 354 g/mol. The third-order valence-electron chi connectivity index (χ3n) is 5.15. The lowest BCUT2D eigenvalue weighted by atomic mass is 10.0. The van der Waals surface area contributed by atoms with Crippen molar-refractivity contribution in [3.8, 4) is 0 Å². The molecule has 0 aromatic carbocycles. The van der Waals surface area contributed by atoms with Gasteiger partial charge in [-0.15, -0.1) is 0 Å². The quantitative estimate of drug-likeness (QED) is 0.142. The Morgan fingerprint density at radius 1 is 0.440 bits per heavy atom. The van der Waals surface area contributed by atoms with E-state index in [4.69, 9.17) is 0 Å². The summed E-state index contributed by atoms with van der Waals surface area (Å²) in [5, 5.41) is 0.